The average Bonchev–Trinajstić information content (AvgIpc) is 2.36. The molecule has 1 aromatic rings. The van der Waals surface area contributed by atoms with Gasteiger partial charge in [0.25, 0.3) is 0 Å². The molecule has 1 N–H and O–H groups in total. The first-order valence-corrected chi connectivity index (χ1v) is 7.90. The molecule has 0 aromatic heterocycles. The maximum Gasteiger partial charge on any atom is 0.326 e. The normalized spacial score (nSPS) is 21.8. The minimum Gasteiger partial charge on any atom is -0.480 e. The van der Waals surface area contributed by atoms with Crippen LogP contribution in [0.4, 0.5) is 5.69 Å². The molecule has 0 unspecified atom stereocenters. The monoisotopic (exact) mass is 289 g/mol. The van der Waals surface area contributed by atoms with Gasteiger partial charge in [-0.15, -0.1) is 0 Å². The minimum absolute atomic E-state index is 0.140. The molecular weight excluding hydrogens is 262 g/mol. The topological polar surface area (TPSA) is 40.5 Å². The Morgan fingerprint density at radius 3 is 2.71 bits per heavy atom. The van der Waals surface area contributed by atoms with Crippen molar-refractivity contribution < 1.29 is 9.90 Å². The Morgan fingerprint density at radius 2 is 2.14 bits per heavy atom. The Bertz CT molecular complexity index is 536. The molecule has 116 valence electrons. The summed E-state index contributed by atoms with van der Waals surface area (Å²) in [7, 11) is 0. The van der Waals surface area contributed by atoms with Gasteiger partial charge in [-0.3, -0.25) is 0 Å². The minimum atomic E-state index is -0.716. The molecule has 0 aliphatic carbocycles. The van der Waals surface area contributed by atoms with Crippen molar-refractivity contribution in [3.8, 4) is 0 Å². The SMILES string of the molecule is CCC[C@H](C(=O)O)N1c2cc(C)ccc2[C@@H](C)CC1(C)C. The van der Waals surface area contributed by atoms with Crippen LogP contribution in [0.3, 0.4) is 0 Å². The van der Waals surface area contributed by atoms with Crippen LogP contribution in [0.2, 0.25) is 0 Å². The summed E-state index contributed by atoms with van der Waals surface area (Å²) in [6.45, 7) is 10.7. The number of aliphatic carboxylic acids is 1. The molecule has 1 aliphatic heterocycles. The van der Waals surface area contributed by atoms with Crippen LogP contribution in [0.1, 0.15) is 64.0 Å². The number of benzene rings is 1. The predicted octanol–water partition coefficient (Wildman–Crippen LogP) is 4.34. The first kappa shape index (κ1) is 15.9. The van der Waals surface area contributed by atoms with Gasteiger partial charge in [0.15, 0.2) is 0 Å². The van der Waals surface area contributed by atoms with Crippen LogP contribution in [0.15, 0.2) is 18.2 Å². The van der Waals surface area contributed by atoms with Crippen molar-refractivity contribution in [2.24, 2.45) is 0 Å². The number of carboxylic acid groups (broad SMARTS) is 1. The molecule has 0 bridgehead atoms. The van der Waals surface area contributed by atoms with E-state index in [2.05, 4.69) is 50.8 Å². The van der Waals surface area contributed by atoms with E-state index in [9.17, 15) is 9.90 Å². The van der Waals surface area contributed by atoms with Crippen molar-refractivity contribution in [2.75, 3.05) is 4.90 Å². The zero-order chi connectivity index (χ0) is 15.8. The Labute approximate surface area is 128 Å². The van der Waals surface area contributed by atoms with E-state index in [4.69, 9.17) is 0 Å². The summed E-state index contributed by atoms with van der Waals surface area (Å²) in [5.41, 5.74) is 3.43. The number of anilines is 1. The van der Waals surface area contributed by atoms with Crippen molar-refractivity contribution in [1.82, 2.24) is 0 Å². The van der Waals surface area contributed by atoms with E-state index in [1.807, 2.05) is 6.92 Å². The summed E-state index contributed by atoms with van der Waals surface area (Å²) in [5, 5.41) is 9.71. The molecule has 1 heterocycles. The van der Waals surface area contributed by atoms with Gasteiger partial charge in [0, 0.05) is 11.2 Å². The Morgan fingerprint density at radius 1 is 1.48 bits per heavy atom. The fourth-order valence-electron chi connectivity index (χ4n) is 3.79. The first-order valence-electron chi connectivity index (χ1n) is 7.90. The molecule has 2 rings (SSSR count). The summed E-state index contributed by atoms with van der Waals surface area (Å²) in [5.74, 6) is -0.255. The molecular formula is C18H27NO2. The largest absolute Gasteiger partial charge is 0.480 e. The zero-order valence-electron chi connectivity index (χ0n) is 13.8. The van der Waals surface area contributed by atoms with Crippen molar-refractivity contribution >= 4 is 11.7 Å². The van der Waals surface area contributed by atoms with Gasteiger partial charge in [-0.25, -0.2) is 4.79 Å². The summed E-state index contributed by atoms with van der Waals surface area (Å²) in [6, 6.07) is 6.00. The highest BCUT2D eigenvalue weighted by molar-refractivity contribution is 5.80. The van der Waals surface area contributed by atoms with Crippen molar-refractivity contribution in [3.05, 3.63) is 29.3 Å². The molecule has 0 saturated heterocycles. The standard InChI is InChI=1S/C18H27NO2/c1-6-7-15(17(20)21)19-16-10-12(2)8-9-14(16)13(3)11-18(19,4)5/h8-10,13,15H,6-7,11H2,1-5H3,(H,20,21)/t13-,15+/m0/s1. The van der Waals surface area contributed by atoms with Crippen LogP contribution >= 0.6 is 0 Å². The van der Waals surface area contributed by atoms with Crippen LogP contribution in [0, 0.1) is 6.92 Å². The molecule has 3 heteroatoms. The number of rotatable bonds is 4. The van der Waals surface area contributed by atoms with Crippen LogP contribution in [-0.2, 0) is 4.79 Å². The predicted molar refractivity (Wildman–Crippen MR) is 87.1 cm³/mol. The van der Waals surface area contributed by atoms with E-state index in [1.165, 1.54) is 11.1 Å². The van der Waals surface area contributed by atoms with Crippen LogP contribution < -0.4 is 4.90 Å². The third-order valence-corrected chi connectivity index (χ3v) is 4.59. The number of hydrogen-bond acceptors (Lipinski definition) is 2. The lowest BCUT2D eigenvalue weighted by Crippen LogP contribution is -2.56. The van der Waals surface area contributed by atoms with E-state index in [-0.39, 0.29) is 5.54 Å². The van der Waals surface area contributed by atoms with Gasteiger partial charge < -0.3 is 10.0 Å². The third kappa shape index (κ3) is 2.92. The van der Waals surface area contributed by atoms with Crippen LogP contribution in [0.25, 0.3) is 0 Å². The highest BCUT2D eigenvalue weighted by Gasteiger charge is 2.42. The van der Waals surface area contributed by atoms with E-state index in [0.29, 0.717) is 12.3 Å². The van der Waals surface area contributed by atoms with Gasteiger partial charge in [0.1, 0.15) is 6.04 Å². The molecule has 2 atom stereocenters. The maximum absolute atomic E-state index is 11.8. The highest BCUT2D eigenvalue weighted by Crippen LogP contribution is 2.45. The maximum atomic E-state index is 11.8. The lowest BCUT2D eigenvalue weighted by molar-refractivity contribution is -0.139. The van der Waals surface area contributed by atoms with E-state index < -0.39 is 12.0 Å². The molecule has 1 aromatic carbocycles. The Balaban J connectivity index is 2.58. The molecule has 0 fully saturated rings. The molecule has 0 spiro atoms. The zero-order valence-corrected chi connectivity index (χ0v) is 13.8. The second kappa shape index (κ2) is 5.70. The molecule has 21 heavy (non-hydrogen) atoms. The third-order valence-electron chi connectivity index (χ3n) is 4.59. The quantitative estimate of drug-likeness (QED) is 0.896. The second-order valence-electron chi connectivity index (χ2n) is 6.99. The molecule has 1 aliphatic rings. The number of carbonyl (C=O) groups is 1. The van der Waals surface area contributed by atoms with E-state index in [0.717, 1.165) is 18.5 Å². The van der Waals surface area contributed by atoms with Gasteiger partial charge >= 0.3 is 5.97 Å². The molecule has 3 nitrogen and oxygen atoms in total. The smallest absolute Gasteiger partial charge is 0.326 e. The Kier molecular flexibility index (Phi) is 4.31. The van der Waals surface area contributed by atoms with Crippen molar-refractivity contribution in [1.29, 1.82) is 0 Å². The number of aryl methyl sites for hydroxylation is 1. The lowest BCUT2D eigenvalue weighted by Gasteiger charge is -2.50. The van der Waals surface area contributed by atoms with Gasteiger partial charge in [0.2, 0.25) is 0 Å². The fraction of sp³-hybridized carbons (Fsp3) is 0.611. The van der Waals surface area contributed by atoms with E-state index in [1.54, 1.807) is 0 Å². The summed E-state index contributed by atoms with van der Waals surface area (Å²) < 4.78 is 0. The van der Waals surface area contributed by atoms with Crippen molar-refractivity contribution in [2.45, 2.75) is 71.4 Å². The van der Waals surface area contributed by atoms with E-state index >= 15 is 0 Å². The summed E-state index contributed by atoms with van der Waals surface area (Å²) >= 11 is 0. The number of hydrogen-bond donors (Lipinski definition) is 1. The number of fused-ring (bicyclic) bond motifs is 1. The first-order chi connectivity index (χ1) is 9.77. The van der Waals surface area contributed by atoms with Crippen LogP contribution in [-0.4, -0.2) is 22.7 Å². The lowest BCUT2D eigenvalue weighted by atomic mass is 9.78. The summed E-state index contributed by atoms with van der Waals surface area (Å²) in [6.07, 6.45) is 2.54. The number of nitrogens with zero attached hydrogens (tertiary/aromatic N) is 1. The van der Waals surface area contributed by atoms with Gasteiger partial charge in [-0.1, -0.05) is 32.4 Å². The number of carboxylic acids is 1. The highest BCUT2D eigenvalue weighted by atomic mass is 16.4. The van der Waals surface area contributed by atoms with Gasteiger partial charge in [-0.2, -0.15) is 0 Å². The summed E-state index contributed by atoms with van der Waals surface area (Å²) in [4.78, 5) is 14.0. The van der Waals surface area contributed by atoms with Crippen molar-refractivity contribution in [3.63, 3.8) is 0 Å². The van der Waals surface area contributed by atoms with Gasteiger partial charge in [0.05, 0.1) is 0 Å². The Hall–Kier alpha value is -1.51. The second-order valence-corrected chi connectivity index (χ2v) is 6.99. The molecule has 0 radical (unpaired) electrons. The fourth-order valence-corrected chi connectivity index (χ4v) is 3.79. The molecule has 0 amide bonds. The average molecular weight is 289 g/mol. The van der Waals surface area contributed by atoms with Crippen LogP contribution in [0.5, 0.6) is 0 Å². The molecule has 0 saturated carbocycles. The van der Waals surface area contributed by atoms with Gasteiger partial charge in [-0.05, 0) is 56.7 Å².